The van der Waals surface area contributed by atoms with Gasteiger partial charge in [0.05, 0.1) is 5.60 Å². The highest BCUT2D eigenvalue weighted by Crippen LogP contribution is 2.38. The van der Waals surface area contributed by atoms with Gasteiger partial charge in [-0.05, 0) is 31.6 Å². The maximum absolute atomic E-state index is 11.2. The van der Waals surface area contributed by atoms with Crippen molar-refractivity contribution in [2.45, 2.75) is 37.3 Å². The first-order chi connectivity index (χ1) is 8.67. The molecule has 0 aliphatic carbocycles. The molecule has 2 N–H and O–H groups in total. The topological polar surface area (TPSA) is 84.9 Å². The number of carbonyl (C=O) groups is 2. The third-order valence-corrected chi connectivity index (χ3v) is 3.92. The lowest BCUT2D eigenvalue weighted by molar-refractivity contribution is -0.159. The Labute approximate surface area is 106 Å². The minimum atomic E-state index is -0.976. The second kappa shape index (κ2) is 5.67. The summed E-state index contributed by atoms with van der Waals surface area (Å²) in [5.41, 5.74) is -0.251. The molecule has 0 aromatic carbocycles. The maximum Gasteiger partial charge on any atom is 0.326 e. The lowest BCUT2D eigenvalue weighted by atomic mass is 9.78. The number of carboxylic acid groups (broad SMARTS) is 1. The molecule has 2 aliphatic rings. The van der Waals surface area contributed by atoms with Crippen molar-refractivity contribution in [3.63, 3.8) is 0 Å². The van der Waals surface area contributed by atoms with Gasteiger partial charge in [-0.3, -0.25) is 4.79 Å². The van der Waals surface area contributed by atoms with Crippen LogP contribution in [0, 0.1) is 5.92 Å². The Bertz CT molecular complexity index is 308. The molecule has 0 radical (unpaired) electrons. The summed E-state index contributed by atoms with van der Waals surface area (Å²) in [4.78, 5) is 21.7. The Hall–Kier alpha value is -1.14. The molecule has 18 heavy (non-hydrogen) atoms. The molecule has 2 fully saturated rings. The van der Waals surface area contributed by atoms with E-state index in [4.69, 9.17) is 14.6 Å². The minimum absolute atomic E-state index is 0.0699. The smallest absolute Gasteiger partial charge is 0.326 e. The third kappa shape index (κ3) is 2.81. The fourth-order valence-corrected chi connectivity index (χ4v) is 2.92. The van der Waals surface area contributed by atoms with Gasteiger partial charge in [-0.15, -0.1) is 0 Å². The zero-order valence-electron chi connectivity index (χ0n) is 10.3. The summed E-state index contributed by atoms with van der Waals surface area (Å²) in [6, 6.07) is -0.814. The predicted octanol–water partition coefficient (Wildman–Crippen LogP) is 0.161. The second-order valence-electron chi connectivity index (χ2n) is 5.00. The molecule has 6 nitrogen and oxygen atoms in total. The van der Waals surface area contributed by atoms with Crippen molar-refractivity contribution < 1.29 is 24.2 Å². The monoisotopic (exact) mass is 257 g/mol. The van der Waals surface area contributed by atoms with Gasteiger partial charge in [0, 0.05) is 19.8 Å². The van der Waals surface area contributed by atoms with Crippen LogP contribution >= 0.6 is 0 Å². The van der Waals surface area contributed by atoms with Crippen LogP contribution in [-0.2, 0) is 19.1 Å². The van der Waals surface area contributed by atoms with Crippen molar-refractivity contribution in [1.29, 1.82) is 0 Å². The number of hydrogen-bond donors (Lipinski definition) is 2. The molecule has 0 bridgehead atoms. The van der Waals surface area contributed by atoms with E-state index in [2.05, 4.69) is 5.32 Å². The lowest BCUT2D eigenvalue weighted by Crippen LogP contribution is -2.51. The third-order valence-electron chi connectivity index (χ3n) is 3.92. The minimum Gasteiger partial charge on any atom is -0.480 e. The Kier molecular flexibility index (Phi) is 4.19. The molecular weight excluding hydrogens is 238 g/mol. The number of aliphatic carboxylic acids is 1. The fraction of sp³-hybridized carbons (Fsp3) is 0.833. The SMILES string of the molecule is O=CNC(C(=O)O)C1CCOC2(CCOCC2)C1. The van der Waals surface area contributed by atoms with Crippen molar-refractivity contribution in [1.82, 2.24) is 5.32 Å². The molecule has 2 aliphatic heterocycles. The van der Waals surface area contributed by atoms with Gasteiger partial charge in [0.1, 0.15) is 6.04 Å². The van der Waals surface area contributed by atoms with Crippen LogP contribution in [0.2, 0.25) is 0 Å². The normalized spacial score (nSPS) is 28.6. The number of ether oxygens (including phenoxy) is 2. The van der Waals surface area contributed by atoms with Crippen molar-refractivity contribution in [3.8, 4) is 0 Å². The van der Waals surface area contributed by atoms with Gasteiger partial charge in [-0.25, -0.2) is 4.79 Å². The van der Waals surface area contributed by atoms with Crippen molar-refractivity contribution in [2.75, 3.05) is 19.8 Å². The van der Waals surface area contributed by atoms with Crippen LogP contribution in [0.15, 0.2) is 0 Å². The standard InChI is InChI=1S/C12H19NO5/c14-8-13-10(11(15)16)9-1-4-18-12(7-9)2-5-17-6-3-12/h8-10H,1-7H2,(H,13,14)(H,15,16). The second-order valence-corrected chi connectivity index (χ2v) is 5.00. The molecule has 0 aromatic rings. The summed E-state index contributed by atoms with van der Waals surface area (Å²) >= 11 is 0. The molecule has 1 spiro atoms. The Morgan fingerprint density at radius 3 is 2.72 bits per heavy atom. The first kappa shape index (κ1) is 13.3. The van der Waals surface area contributed by atoms with Crippen LogP contribution < -0.4 is 5.32 Å². The van der Waals surface area contributed by atoms with Crippen LogP contribution in [0.5, 0.6) is 0 Å². The molecule has 0 aromatic heterocycles. The van der Waals surface area contributed by atoms with Gasteiger partial charge in [0.25, 0.3) is 0 Å². The number of nitrogens with one attached hydrogen (secondary N) is 1. The van der Waals surface area contributed by atoms with Crippen LogP contribution in [0.25, 0.3) is 0 Å². The number of carboxylic acids is 1. The lowest BCUT2D eigenvalue weighted by Gasteiger charge is -2.44. The summed E-state index contributed by atoms with van der Waals surface area (Å²) < 4.78 is 11.2. The zero-order chi connectivity index (χ0) is 13.0. The number of carbonyl (C=O) groups excluding carboxylic acids is 1. The summed E-state index contributed by atoms with van der Waals surface area (Å²) in [6.45, 7) is 1.87. The maximum atomic E-state index is 11.2. The number of rotatable bonds is 4. The summed E-state index contributed by atoms with van der Waals surface area (Å²) in [6.07, 6.45) is 3.41. The van der Waals surface area contributed by atoms with E-state index >= 15 is 0 Å². The number of hydrogen-bond acceptors (Lipinski definition) is 4. The Morgan fingerprint density at radius 2 is 2.11 bits per heavy atom. The molecule has 102 valence electrons. The summed E-state index contributed by atoms with van der Waals surface area (Å²) in [7, 11) is 0. The van der Waals surface area contributed by atoms with E-state index in [9.17, 15) is 9.59 Å². The van der Waals surface area contributed by atoms with Gasteiger partial charge >= 0.3 is 5.97 Å². The molecule has 2 atom stereocenters. The van der Waals surface area contributed by atoms with Gasteiger partial charge < -0.3 is 19.9 Å². The van der Waals surface area contributed by atoms with Crippen LogP contribution in [0.4, 0.5) is 0 Å². The van der Waals surface area contributed by atoms with E-state index in [1.807, 2.05) is 0 Å². The van der Waals surface area contributed by atoms with Gasteiger partial charge in [-0.1, -0.05) is 0 Å². The summed E-state index contributed by atoms with van der Waals surface area (Å²) in [5.74, 6) is -1.05. The van der Waals surface area contributed by atoms with Crippen molar-refractivity contribution in [2.24, 2.45) is 5.92 Å². The van der Waals surface area contributed by atoms with Crippen molar-refractivity contribution in [3.05, 3.63) is 0 Å². The van der Waals surface area contributed by atoms with Gasteiger partial charge in [0.15, 0.2) is 0 Å². The molecule has 1 amide bonds. The van der Waals surface area contributed by atoms with E-state index < -0.39 is 12.0 Å². The first-order valence-electron chi connectivity index (χ1n) is 6.31. The van der Waals surface area contributed by atoms with E-state index in [0.717, 1.165) is 12.8 Å². The Balaban J connectivity index is 2.04. The molecule has 2 saturated heterocycles. The van der Waals surface area contributed by atoms with Crippen LogP contribution in [0.1, 0.15) is 25.7 Å². The van der Waals surface area contributed by atoms with E-state index in [-0.39, 0.29) is 11.5 Å². The van der Waals surface area contributed by atoms with E-state index in [1.54, 1.807) is 0 Å². The average molecular weight is 257 g/mol. The molecule has 2 rings (SSSR count). The Morgan fingerprint density at radius 1 is 1.39 bits per heavy atom. The molecule has 2 unspecified atom stereocenters. The van der Waals surface area contributed by atoms with Crippen LogP contribution in [-0.4, -0.2) is 48.9 Å². The average Bonchev–Trinajstić information content (AvgIpc) is 2.36. The highest BCUT2D eigenvalue weighted by atomic mass is 16.5. The van der Waals surface area contributed by atoms with Gasteiger partial charge in [-0.2, -0.15) is 0 Å². The molecule has 0 saturated carbocycles. The molecule has 6 heteroatoms. The fourth-order valence-electron chi connectivity index (χ4n) is 2.92. The quantitative estimate of drug-likeness (QED) is 0.701. The van der Waals surface area contributed by atoms with Gasteiger partial charge in [0.2, 0.25) is 6.41 Å². The highest BCUT2D eigenvalue weighted by molar-refractivity contribution is 5.76. The molecular formula is C12H19NO5. The van der Waals surface area contributed by atoms with Crippen LogP contribution in [0.3, 0.4) is 0 Å². The van der Waals surface area contributed by atoms with Crippen molar-refractivity contribution >= 4 is 12.4 Å². The number of amides is 1. The highest BCUT2D eigenvalue weighted by Gasteiger charge is 2.42. The predicted molar refractivity (Wildman–Crippen MR) is 62.1 cm³/mol. The zero-order valence-corrected chi connectivity index (χ0v) is 10.3. The van der Waals surface area contributed by atoms with E-state index in [0.29, 0.717) is 39.1 Å². The first-order valence-corrected chi connectivity index (χ1v) is 6.31. The molecule has 2 heterocycles. The van der Waals surface area contributed by atoms with E-state index in [1.165, 1.54) is 0 Å². The summed E-state index contributed by atoms with van der Waals surface area (Å²) in [5, 5.41) is 11.6. The largest absolute Gasteiger partial charge is 0.480 e.